The molecule has 3 heterocycles. The molecule has 0 unspecified atom stereocenters. The largest absolute Gasteiger partial charge is 0.508 e. The highest BCUT2D eigenvalue weighted by Crippen LogP contribution is 2.21. The number of aromatic nitrogens is 4. The number of H-pyrrole nitrogens is 1. The first-order valence-corrected chi connectivity index (χ1v) is 33.9. The van der Waals surface area contributed by atoms with Crippen LogP contribution in [0.25, 0.3) is 10.9 Å². The first-order chi connectivity index (χ1) is 49.9. The van der Waals surface area contributed by atoms with Gasteiger partial charge in [0.25, 0.3) is 0 Å². The number of nitrogens with zero attached hydrogens (tertiary/aromatic N) is 3. The van der Waals surface area contributed by atoms with Crippen LogP contribution in [0.2, 0.25) is 0 Å². The summed E-state index contributed by atoms with van der Waals surface area (Å²) in [6.07, 6.45) is 0.580. The minimum absolute atomic E-state index is 0.0301. The fraction of sp³-hybridized carbons (Fsp3) is 0.456. The van der Waals surface area contributed by atoms with Crippen LogP contribution in [0.15, 0.2) is 91.3 Å². The average molecular weight is 1460 g/mol. The lowest BCUT2D eigenvalue weighted by atomic mass is 10.00. The van der Waals surface area contributed by atoms with Crippen molar-refractivity contribution >= 4 is 99.6 Å². The van der Waals surface area contributed by atoms with Gasteiger partial charge in [-0.25, -0.2) is 0 Å². The molecule has 0 fully saturated rings. The molecule has 0 aliphatic carbocycles. The monoisotopic (exact) mass is 1460 g/mol. The molecule has 1 aliphatic rings. The molecule has 37 nitrogen and oxygen atoms in total. The number of aromatic amines is 1. The Morgan fingerprint density at radius 3 is 1.90 bits per heavy atom. The number of aliphatic hydroxyl groups excluding tert-OH is 1. The number of benzene rings is 3. The van der Waals surface area contributed by atoms with E-state index in [1.54, 1.807) is 60.8 Å². The van der Waals surface area contributed by atoms with E-state index < -0.39 is 187 Å². The molecule has 37 heteroatoms. The Kier molecular flexibility index (Phi) is 31.2. The van der Waals surface area contributed by atoms with E-state index in [-0.39, 0.29) is 82.3 Å². The number of aryl methyl sites for hydroxylation is 1. The van der Waals surface area contributed by atoms with Gasteiger partial charge in [-0.3, -0.25) is 77.2 Å². The number of phenolic OH excluding ortho intramolecular Hbond substituents is 1. The first kappa shape index (κ1) is 81.9. The molecule has 0 saturated heterocycles. The number of nitrogens with two attached hydrogens (primary N) is 3. The normalized spacial score (nSPS) is 18.5. The van der Waals surface area contributed by atoms with Crippen molar-refractivity contribution in [3.63, 3.8) is 0 Å². The van der Waals surface area contributed by atoms with Crippen molar-refractivity contribution < 1.29 is 82.4 Å². The van der Waals surface area contributed by atoms with E-state index in [0.717, 1.165) is 0 Å². The van der Waals surface area contributed by atoms with Crippen molar-refractivity contribution in [2.75, 3.05) is 13.2 Å². The molecular weight excluding hydrogens is 1370 g/mol. The Hall–Kier alpha value is -12.1. The Bertz CT molecular complexity index is 3920. The van der Waals surface area contributed by atoms with E-state index in [1.165, 1.54) is 62.8 Å². The molecule has 13 amide bonds. The smallest absolute Gasteiger partial charge is 0.305 e. The van der Waals surface area contributed by atoms with Crippen LogP contribution in [0.1, 0.15) is 101 Å². The number of fused-ring (bicyclic) bond motifs is 3. The molecule has 0 radical (unpaired) electrons. The molecule has 23 N–H and O–H groups in total. The van der Waals surface area contributed by atoms with E-state index in [4.69, 9.17) is 22.6 Å². The second-order valence-corrected chi connectivity index (χ2v) is 25.7. The lowest BCUT2D eigenvalue weighted by Crippen LogP contribution is -2.61. The van der Waals surface area contributed by atoms with Gasteiger partial charge in [-0.15, -0.1) is 5.10 Å². The van der Waals surface area contributed by atoms with Gasteiger partial charge in [-0.2, -0.15) is 0 Å². The number of rotatable bonds is 31. The zero-order valence-electron chi connectivity index (χ0n) is 58.3. The second kappa shape index (κ2) is 40.0. The zero-order valence-corrected chi connectivity index (χ0v) is 58.3. The molecule has 0 spiro atoms. The molecule has 5 aromatic rings. The third kappa shape index (κ3) is 26.4. The first-order valence-electron chi connectivity index (χ1n) is 33.9. The number of hydrogen-bond acceptors (Lipinski definition) is 19. The number of phenols is 1. The average Bonchev–Trinajstić information content (AvgIpc) is 1.76. The van der Waals surface area contributed by atoms with Crippen molar-refractivity contribution in [2.45, 2.75) is 178 Å². The number of hydrogen-bond donors (Lipinski definition) is 20. The van der Waals surface area contributed by atoms with Crippen LogP contribution < -0.4 is 81.0 Å². The van der Waals surface area contributed by atoms with Crippen LogP contribution in [0.5, 0.6) is 5.75 Å². The summed E-state index contributed by atoms with van der Waals surface area (Å²) in [6, 6.07) is 3.80. The molecule has 6 rings (SSSR count). The SMILES string of the molecule is CC(=O)N[C@H]1Cc2cn(nn2)CCCC[C@H](C(=O)N[C@@H](C)C(=O)N[C@@H](Cc2ccccc2)C(=O)N[C@H](C(=O)N[C@@H](CC(=O)O)C(=O)N[C@@H](CO)C(=O)N[C@@H](Cc2ccc(O)cc2)C(N)=O)C(C)C)NC(=O)[C@H](CCC(N)=O)NC(=O)[C@H](CCCNC(=N)N)NC(=O)[C@H](Cc2c[nH]c3ccccc23)NC1=O. The summed E-state index contributed by atoms with van der Waals surface area (Å²) in [5.41, 5.74) is 19.1. The van der Waals surface area contributed by atoms with Crippen molar-refractivity contribution in [1.82, 2.24) is 83.8 Å². The Labute approximate surface area is 602 Å². The molecule has 11 atom stereocenters. The van der Waals surface area contributed by atoms with E-state index in [9.17, 15) is 82.4 Å². The maximum Gasteiger partial charge on any atom is 0.305 e. The van der Waals surface area contributed by atoms with Crippen LogP contribution >= 0.6 is 0 Å². The predicted octanol–water partition coefficient (Wildman–Crippen LogP) is -4.57. The van der Waals surface area contributed by atoms with Crippen LogP contribution in [0, 0.1) is 11.3 Å². The van der Waals surface area contributed by atoms with E-state index in [1.807, 2.05) is 0 Å². The van der Waals surface area contributed by atoms with Crippen LogP contribution in [-0.4, -0.2) is 204 Å². The number of carboxylic acid groups (broad SMARTS) is 1. The number of primary amides is 2. The van der Waals surface area contributed by atoms with Crippen LogP contribution in [0.4, 0.5) is 0 Å². The highest BCUT2D eigenvalue weighted by molar-refractivity contribution is 6.00. The fourth-order valence-corrected chi connectivity index (χ4v) is 11.3. The highest BCUT2D eigenvalue weighted by Gasteiger charge is 2.38. The minimum atomic E-state index is -1.95. The Balaban J connectivity index is 1.24. The quantitative estimate of drug-likeness (QED) is 0.0113. The van der Waals surface area contributed by atoms with Crippen LogP contribution in [-0.2, 0) is 99.4 Å². The summed E-state index contributed by atoms with van der Waals surface area (Å²) in [5.74, 6) is -15.4. The van der Waals surface area contributed by atoms with Crippen molar-refractivity contribution in [1.29, 1.82) is 5.41 Å². The van der Waals surface area contributed by atoms with Gasteiger partial charge in [0, 0.05) is 75.4 Å². The van der Waals surface area contributed by atoms with Crippen molar-refractivity contribution in [3.8, 4) is 5.75 Å². The number of carbonyl (C=O) groups is 14. The summed E-state index contributed by atoms with van der Waals surface area (Å²) in [6.45, 7) is 4.56. The van der Waals surface area contributed by atoms with Gasteiger partial charge in [-0.05, 0) is 86.3 Å². The third-order valence-electron chi connectivity index (χ3n) is 16.9. The summed E-state index contributed by atoms with van der Waals surface area (Å²) in [5, 5.41) is 76.8. The molecule has 1 aliphatic heterocycles. The van der Waals surface area contributed by atoms with Gasteiger partial charge in [0.05, 0.1) is 18.7 Å². The number of para-hydroxylation sites is 1. The number of amides is 13. The van der Waals surface area contributed by atoms with Crippen LogP contribution in [0.3, 0.4) is 0 Å². The lowest BCUT2D eigenvalue weighted by molar-refractivity contribution is -0.142. The number of nitrogens with one attached hydrogen (secondary N) is 14. The Morgan fingerprint density at radius 1 is 0.667 bits per heavy atom. The molecule has 0 saturated carbocycles. The van der Waals surface area contributed by atoms with E-state index in [0.29, 0.717) is 27.6 Å². The third-order valence-corrected chi connectivity index (χ3v) is 16.9. The summed E-state index contributed by atoms with van der Waals surface area (Å²) in [4.78, 5) is 196. The van der Waals surface area contributed by atoms with Gasteiger partial charge < -0.3 is 101 Å². The number of aromatic hydroxyl groups is 1. The number of carboxylic acids is 1. The number of aliphatic hydroxyl groups is 1. The molecule has 3 aromatic carbocycles. The molecule has 2 bridgehead atoms. The summed E-state index contributed by atoms with van der Waals surface area (Å²) >= 11 is 0. The van der Waals surface area contributed by atoms with Crippen molar-refractivity contribution in [2.24, 2.45) is 23.1 Å². The van der Waals surface area contributed by atoms with E-state index >= 15 is 0 Å². The van der Waals surface area contributed by atoms with Gasteiger partial charge in [0.1, 0.15) is 72.2 Å². The maximum absolute atomic E-state index is 14.7. The summed E-state index contributed by atoms with van der Waals surface area (Å²) in [7, 11) is 0. The fourth-order valence-electron chi connectivity index (χ4n) is 11.3. The van der Waals surface area contributed by atoms with E-state index in [2.05, 4.69) is 79.1 Å². The topological polar surface area (TPSA) is 592 Å². The molecular formula is C68H92N20O17. The number of aliphatic carboxylic acids is 1. The van der Waals surface area contributed by atoms with Crippen molar-refractivity contribution in [3.05, 3.63) is 114 Å². The molecule has 2 aromatic heterocycles. The molecule has 566 valence electrons. The number of carbonyl (C=O) groups excluding carboxylic acids is 13. The van der Waals surface area contributed by atoms with Gasteiger partial charge in [0.15, 0.2) is 5.96 Å². The Morgan fingerprint density at radius 2 is 1.26 bits per heavy atom. The predicted molar refractivity (Wildman–Crippen MR) is 375 cm³/mol. The van der Waals surface area contributed by atoms with Gasteiger partial charge in [0.2, 0.25) is 76.8 Å². The minimum Gasteiger partial charge on any atom is -0.508 e. The second-order valence-electron chi connectivity index (χ2n) is 25.7. The summed E-state index contributed by atoms with van der Waals surface area (Å²) < 4.78 is 1.44. The highest BCUT2D eigenvalue weighted by atomic mass is 16.4. The maximum atomic E-state index is 14.7. The standard InChI is InChI=1S/C68H92N20O17/c1-35(2)56(67(105)83-52(31-55(93)94)64(102)84-53(34-89)66(104)80-48(57(70)95)27-39-19-21-42(91)22-20-39)85-65(103)49(28-38-13-6-5-7-14-38)81-58(96)36(3)75-59(97)45-17-10-11-26-88-33-41(86-87-88)30-51(76-37(4)90)63(101)82-50(29-40-32-74-44-16-9-8-15-43(40)44)62(100)78-46(18-12-25-73-68(71)72)60(98)79-47(61(99)77-45)23-24-54(69)92/h5-9,13-16,19-22,32-33,35-36,45-53,56,74,89,91H,10-12,17-18,23-31,34H2,1-4H3,(H2,69,92)(H2,70,95)(H,75,97)(H,76,90)(H,77,99)(H,78,100)(H,79,98)(H,80,104)(H,81,96)(H,82,101)(H,83,105)(H,84,102)(H,85,103)(H,93,94)(H4,71,72,73)/t36-,45+,46-,47-,48-,49-,50-,51-,52-,53-,56-/m0/s1. The number of guanidine groups is 1. The molecule has 105 heavy (non-hydrogen) atoms. The van der Waals surface area contributed by atoms with Gasteiger partial charge in [-0.1, -0.05) is 79.7 Å². The van der Waals surface area contributed by atoms with Gasteiger partial charge >= 0.3 is 5.97 Å². The zero-order chi connectivity index (χ0) is 77.0. The lowest BCUT2D eigenvalue weighted by Gasteiger charge is -2.28.